The Bertz CT molecular complexity index is 1010. The van der Waals surface area contributed by atoms with Crippen LogP contribution in [0.2, 0.25) is 0 Å². The minimum atomic E-state index is -1.30. The van der Waals surface area contributed by atoms with Crippen molar-refractivity contribution < 1.29 is 18.7 Å². The largest absolute Gasteiger partial charge is 0.367 e. The van der Waals surface area contributed by atoms with Crippen molar-refractivity contribution >= 4 is 17.3 Å². The highest BCUT2D eigenvalue weighted by atomic mass is 19.1. The molecule has 0 N–H and O–H groups in total. The third-order valence-corrected chi connectivity index (χ3v) is 7.26. The number of anilines is 2. The number of hydrogen-bond acceptors (Lipinski definition) is 5. The molecule has 0 bridgehead atoms. The minimum Gasteiger partial charge on any atom is -0.367 e. The van der Waals surface area contributed by atoms with Crippen LogP contribution in [0.1, 0.15) is 31.2 Å². The number of carbonyl (C=O) groups excluding carboxylic acids is 1. The van der Waals surface area contributed by atoms with Gasteiger partial charge in [-0.05, 0) is 31.0 Å². The highest BCUT2D eigenvalue weighted by Gasteiger charge is 2.61. The lowest BCUT2D eigenvalue weighted by molar-refractivity contribution is -0.190. The van der Waals surface area contributed by atoms with Gasteiger partial charge in [-0.25, -0.2) is 4.39 Å². The van der Waals surface area contributed by atoms with Gasteiger partial charge in [0.05, 0.1) is 30.3 Å². The van der Waals surface area contributed by atoms with Crippen molar-refractivity contribution in [2.45, 2.75) is 43.7 Å². The number of benzene rings is 2. The molecule has 2 saturated heterocycles. The summed E-state index contributed by atoms with van der Waals surface area (Å²) in [5.74, 6) is -1.61. The summed E-state index contributed by atoms with van der Waals surface area (Å²) in [5, 5.41) is 0. The van der Waals surface area contributed by atoms with Crippen LogP contribution in [0.15, 0.2) is 48.5 Å². The zero-order valence-corrected chi connectivity index (χ0v) is 18.1. The second-order valence-electron chi connectivity index (χ2n) is 9.16. The number of rotatable bonds is 3. The van der Waals surface area contributed by atoms with Gasteiger partial charge in [0.2, 0.25) is 0 Å². The molecule has 7 heteroatoms. The van der Waals surface area contributed by atoms with Crippen LogP contribution in [0.4, 0.5) is 15.8 Å². The van der Waals surface area contributed by atoms with Crippen LogP contribution in [0.25, 0.3) is 0 Å². The molecule has 1 spiro atoms. The second-order valence-corrected chi connectivity index (χ2v) is 9.16. The molecule has 0 aromatic heterocycles. The van der Waals surface area contributed by atoms with Crippen LogP contribution < -0.4 is 9.80 Å². The summed E-state index contributed by atoms with van der Waals surface area (Å²) in [6.45, 7) is 3.41. The Kier molecular flexibility index (Phi) is 4.93. The van der Waals surface area contributed by atoms with E-state index in [1.807, 2.05) is 41.3 Å². The molecule has 3 aliphatic heterocycles. The molecule has 2 atom stereocenters. The third-order valence-electron chi connectivity index (χ3n) is 7.26. The molecule has 2 aromatic rings. The van der Waals surface area contributed by atoms with E-state index in [1.165, 1.54) is 6.07 Å². The van der Waals surface area contributed by atoms with Gasteiger partial charge < -0.3 is 14.4 Å². The van der Waals surface area contributed by atoms with E-state index in [0.29, 0.717) is 25.4 Å². The highest BCUT2D eigenvalue weighted by molar-refractivity contribution is 6.06. The number of piperazine rings is 1. The molecule has 2 aromatic carbocycles. The maximum absolute atomic E-state index is 14.2. The van der Waals surface area contributed by atoms with Gasteiger partial charge in [0.15, 0.2) is 0 Å². The molecule has 6 nitrogen and oxygen atoms in total. The average molecular weight is 438 g/mol. The lowest BCUT2D eigenvalue weighted by Crippen LogP contribution is -2.52. The molecule has 1 amide bonds. The molecule has 0 radical (unpaired) electrons. The monoisotopic (exact) mass is 437 g/mol. The number of carbonyl (C=O) groups is 1. The zero-order chi connectivity index (χ0) is 21.7. The minimum absolute atomic E-state index is 0.00924. The van der Waals surface area contributed by atoms with E-state index in [9.17, 15) is 9.18 Å². The number of nitrogens with zero attached hydrogens (tertiary/aromatic N) is 3. The second kappa shape index (κ2) is 7.83. The molecule has 1 saturated carbocycles. The number of fused-ring (bicyclic) bond motifs is 3. The van der Waals surface area contributed by atoms with Crippen LogP contribution >= 0.6 is 0 Å². The molecular formula is C25H28FN3O3. The van der Waals surface area contributed by atoms with Gasteiger partial charge in [-0.3, -0.25) is 14.6 Å². The summed E-state index contributed by atoms with van der Waals surface area (Å²) < 4.78 is 26.9. The molecule has 6 rings (SSSR count). The number of amides is 1. The Balaban J connectivity index is 1.20. The first-order chi connectivity index (χ1) is 15.7. The molecule has 4 aliphatic rings. The zero-order valence-electron chi connectivity index (χ0n) is 18.1. The van der Waals surface area contributed by atoms with E-state index in [2.05, 4.69) is 9.80 Å². The van der Waals surface area contributed by atoms with Gasteiger partial charge in [-0.15, -0.1) is 0 Å². The normalized spacial score (nSPS) is 27.1. The van der Waals surface area contributed by atoms with Crippen molar-refractivity contribution in [1.82, 2.24) is 4.90 Å². The van der Waals surface area contributed by atoms with Gasteiger partial charge in [0.25, 0.3) is 11.7 Å². The Labute approximate surface area is 187 Å². The van der Waals surface area contributed by atoms with E-state index >= 15 is 0 Å². The van der Waals surface area contributed by atoms with Gasteiger partial charge in [-0.2, -0.15) is 0 Å². The van der Waals surface area contributed by atoms with Gasteiger partial charge in [0.1, 0.15) is 5.82 Å². The van der Waals surface area contributed by atoms with E-state index in [4.69, 9.17) is 9.47 Å². The molecule has 168 valence electrons. The SMILES string of the molecule is O=C1N(CN2CCN(c3ccccc3F)CC2)c2ccccc2C12O[C@@H]1CCCC[C@H]1O2. The lowest BCUT2D eigenvalue weighted by Gasteiger charge is -2.38. The third kappa shape index (κ3) is 3.14. The fraction of sp³-hybridized carbons (Fsp3) is 0.480. The summed E-state index contributed by atoms with van der Waals surface area (Å²) in [7, 11) is 0. The molecular weight excluding hydrogens is 409 g/mol. The lowest BCUT2D eigenvalue weighted by atomic mass is 9.95. The van der Waals surface area contributed by atoms with Crippen LogP contribution in [-0.4, -0.2) is 55.9 Å². The Morgan fingerprint density at radius 1 is 0.875 bits per heavy atom. The Morgan fingerprint density at radius 2 is 1.50 bits per heavy atom. The van der Waals surface area contributed by atoms with Crippen molar-refractivity contribution in [2.24, 2.45) is 0 Å². The van der Waals surface area contributed by atoms with E-state index in [0.717, 1.165) is 50.0 Å². The van der Waals surface area contributed by atoms with Crippen molar-refractivity contribution in [2.75, 3.05) is 42.6 Å². The number of para-hydroxylation sites is 2. The first kappa shape index (κ1) is 20.1. The first-order valence-electron chi connectivity index (χ1n) is 11.6. The van der Waals surface area contributed by atoms with Gasteiger partial charge in [-0.1, -0.05) is 43.2 Å². The average Bonchev–Trinajstić information content (AvgIpc) is 3.32. The van der Waals surface area contributed by atoms with E-state index in [1.54, 1.807) is 6.07 Å². The predicted molar refractivity (Wildman–Crippen MR) is 119 cm³/mol. The molecule has 3 fully saturated rings. The topological polar surface area (TPSA) is 45.3 Å². The van der Waals surface area contributed by atoms with Crippen molar-refractivity contribution in [3.8, 4) is 0 Å². The fourth-order valence-electron chi connectivity index (χ4n) is 5.58. The van der Waals surface area contributed by atoms with Crippen LogP contribution in [0.5, 0.6) is 0 Å². The highest BCUT2D eigenvalue weighted by Crippen LogP contribution is 2.51. The molecule has 3 heterocycles. The summed E-state index contributed by atoms with van der Waals surface area (Å²) in [4.78, 5) is 19.8. The maximum Gasteiger partial charge on any atom is 0.293 e. The molecule has 32 heavy (non-hydrogen) atoms. The van der Waals surface area contributed by atoms with Crippen molar-refractivity contribution in [3.05, 3.63) is 59.9 Å². The van der Waals surface area contributed by atoms with Crippen molar-refractivity contribution in [3.63, 3.8) is 0 Å². The van der Waals surface area contributed by atoms with E-state index < -0.39 is 5.79 Å². The summed E-state index contributed by atoms with van der Waals surface area (Å²) >= 11 is 0. The molecule has 0 unspecified atom stereocenters. The smallest absolute Gasteiger partial charge is 0.293 e. The van der Waals surface area contributed by atoms with Crippen LogP contribution in [-0.2, 0) is 20.1 Å². The summed E-state index contributed by atoms with van der Waals surface area (Å²) in [6, 6.07) is 14.7. The number of hydrogen-bond donors (Lipinski definition) is 0. The number of halogens is 1. The van der Waals surface area contributed by atoms with Gasteiger partial charge in [0, 0.05) is 31.7 Å². The Morgan fingerprint density at radius 3 is 2.19 bits per heavy atom. The standard InChI is InChI=1S/C25H28FN3O3/c26-19-8-2-4-10-21(19)28-15-13-27(14-16-28)17-29-20-9-3-1-7-18(20)25(24(29)30)31-22-11-5-6-12-23(22)32-25/h1-4,7-10,22-23H,5-6,11-17H2/t22-,23-/m1/s1. The number of ether oxygens (including phenoxy) is 2. The first-order valence-corrected chi connectivity index (χ1v) is 11.6. The van der Waals surface area contributed by atoms with Crippen molar-refractivity contribution in [1.29, 1.82) is 0 Å². The van der Waals surface area contributed by atoms with E-state index in [-0.39, 0.29) is 23.9 Å². The van der Waals surface area contributed by atoms with Crippen LogP contribution in [0, 0.1) is 5.82 Å². The molecule has 1 aliphatic carbocycles. The van der Waals surface area contributed by atoms with Crippen LogP contribution in [0.3, 0.4) is 0 Å². The van der Waals surface area contributed by atoms with Gasteiger partial charge >= 0.3 is 0 Å². The predicted octanol–water partition coefficient (Wildman–Crippen LogP) is 3.46. The summed E-state index contributed by atoms with van der Waals surface area (Å²) in [6.07, 6.45) is 4.11. The Hall–Kier alpha value is -2.48. The summed E-state index contributed by atoms with van der Waals surface area (Å²) in [5.41, 5.74) is 2.33. The maximum atomic E-state index is 14.2. The fourth-order valence-corrected chi connectivity index (χ4v) is 5.58. The quantitative estimate of drug-likeness (QED) is 0.736.